The standard InChI is InChI=1S/C18H22F3N3O/c1-3-22-17(23-10-9-16-8-5-11-25-16)24-13(2)14-6-4-7-15(12-14)18(19,20)21/h4-8,11-13H,3,9-10H2,1-2H3,(H2,22,23,24). The minimum absolute atomic E-state index is 0.316. The Morgan fingerprint density at radius 2 is 2.04 bits per heavy atom. The number of hydrogen-bond donors (Lipinski definition) is 2. The molecule has 0 fully saturated rings. The Kier molecular flexibility index (Phi) is 6.50. The number of benzene rings is 1. The van der Waals surface area contributed by atoms with E-state index in [2.05, 4.69) is 15.6 Å². The lowest BCUT2D eigenvalue weighted by Gasteiger charge is -2.19. The molecule has 0 aliphatic heterocycles. The molecular weight excluding hydrogens is 331 g/mol. The molecule has 2 aromatic rings. The van der Waals surface area contributed by atoms with Crippen LogP contribution in [0.1, 0.15) is 36.8 Å². The Hall–Kier alpha value is -2.44. The van der Waals surface area contributed by atoms with Gasteiger partial charge in [-0.25, -0.2) is 0 Å². The molecule has 2 rings (SSSR count). The summed E-state index contributed by atoms with van der Waals surface area (Å²) in [5.74, 6) is 1.39. The summed E-state index contributed by atoms with van der Waals surface area (Å²) in [5, 5.41) is 6.23. The van der Waals surface area contributed by atoms with E-state index in [0.717, 1.165) is 17.9 Å². The van der Waals surface area contributed by atoms with Crippen molar-refractivity contribution in [2.75, 3.05) is 13.1 Å². The second-order valence-electron chi connectivity index (χ2n) is 5.58. The molecule has 1 atom stereocenters. The second-order valence-corrected chi connectivity index (χ2v) is 5.58. The van der Waals surface area contributed by atoms with Gasteiger partial charge in [-0.1, -0.05) is 12.1 Å². The van der Waals surface area contributed by atoms with E-state index in [1.54, 1.807) is 19.3 Å². The number of rotatable bonds is 6. The highest BCUT2D eigenvalue weighted by Gasteiger charge is 2.30. The summed E-state index contributed by atoms with van der Waals surface area (Å²) in [7, 11) is 0. The molecule has 7 heteroatoms. The molecule has 4 nitrogen and oxygen atoms in total. The van der Waals surface area contributed by atoms with Crippen LogP contribution in [0.5, 0.6) is 0 Å². The van der Waals surface area contributed by atoms with Crippen LogP contribution in [0, 0.1) is 0 Å². The number of furan rings is 1. The van der Waals surface area contributed by atoms with Gasteiger partial charge in [0.2, 0.25) is 0 Å². The Labute approximate surface area is 145 Å². The van der Waals surface area contributed by atoms with Crippen molar-refractivity contribution in [1.82, 2.24) is 10.6 Å². The van der Waals surface area contributed by atoms with Crippen molar-refractivity contribution in [2.24, 2.45) is 4.99 Å². The molecule has 1 aromatic carbocycles. The third-order valence-electron chi connectivity index (χ3n) is 3.62. The smallest absolute Gasteiger partial charge is 0.416 e. The zero-order valence-corrected chi connectivity index (χ0v) is 14.2. The fourth-order valence-electron chi connectivity index (χ4n) is 2.33. The Bertz CT molecular complexity index is 681. The molecule has 2 N–H and O–H groups in total. The van der Waals surface area contributed by atoms with Crippen molar-refractivity contribution in [1.29, 1.82) is 0 Å². The van der Waals surface area contributed by atoms with E-state index >= 15 is 0 Å². The SMILES string of the molecule is CCNC(=NCCc1ccco1)NC(C)c1cccc(C(F)(F)F)c1. The average molecular weight is 353 g/mol. The second kappa shape index (κ2) is 8.60. The zero-order chi connectivity index (χ0) is 18.3. The maximum Gasteiger partial charge on any atom is 0.416 e. The number of nitrogens with one attached hydrogen (secondary N) is 2. The average Bonchev–Trinajstić information content (AvgIpc) is 3.07. The molecule has 0 radical (unpaired) electrons. The number of halogens is 3. The predicted octanol–water partition coefficient (Wildman–Crippen LogP) is 4.16. The summed E-state index contributed by atoms with van der Waals surface area (Å²) in [6, 6.07) is 8.68. The highest BCUT2D eigenvalue weighted by molar-refractivity contribution is 5.80. The van der Waals surface area contributed by atoms with Crippen molar-refractivity contribution >= 4 is 5.96 Å². The van der Waals surface area contributed by atoms with Crippen molar-refractivity contribution in [3.05, 3.63) is 59.5 Å². The number of hydrogen-bond acceptors (Lipinski definition) is 2. The molecule has 136 valence electrons. The fraction of sp³-hybridized carbons (Fsp3) is 0.389. The summed E-state index contributed by atoms with van der Waals surface area (Å²) in [5.41, 5.74) is -0.107. The summed E-state index contributed by atoms with van der Waals surface area (Å²) in [6.07, 6.45) is -2.09. The summed E-state index contributed by atoms with van der Waals surface area (Å²) in [4.78, 5) is 4.44. The highest BCUT2D eigenvalue weighted by Crippen LogP contribution is 2.30. The van der Waals surface area contributed by atoms with Crippen LogP contribution in [0.25, 0.3) is 0 Å². The first kappa shape index (κ1) is 18.9. The molecule has 0 amide bonds. The van der Waals surface area contributed by atoms with E-state index < -0.39 is 11.7 Å². The summed E-state index contributed by atoms with van der Waals surface area (Å²) >= 11 is 0. The van der Waals surface area contributed by atoms with E-state index in [1.165, 1.54) is 6.07 Å². The molecule has 0 saturated carbocycles. The van der Waals surface area contributed by atoms with Crippen LogP contribution >= 0.6 is 0 Å². The highest BCUT2D eigenvalue weighted by atomic mass is 19.4. The topological polar surface area (TPSA) is 49.6 Å². The van der Waals surface area contributed by atoms with Crippen molar-refractivity contribution in [3.63, 3.8) is 0 Å². The quantitative estimate of drug-likeness (QED) is 0.606. The Morgan fingerprint density at radius 3 is 2.68 bits per heavy atom. The maximum atomic E-state index is 12.9. The van der Waals surface area contributed by atoms with Gasteiger partial charge in [0, 0.05) is 19.5 Å². The third-order valence-corrected chi connectivity index (χ3v) is 3.62. The molecule has 0 aliphatic rings. The van der Waals surface area contributed by atoms with Gasteiger partial charge in [0.15, 0.2) is 5.96 Å². The molecule has 0 aliphatic carbocycles. The first-order chi connectivity index (χ1) is 11.9. The van der Waals surface area contributed by atoms with Crippen LogP contribution in [0.15, 0.2) is 52.1 Å². The largest absolute Gasteiger partial charge is 0.469 e. The van der Waals surface area contributed by atoms with Crippen LogP contribution in [0.2, 0.25) is 0 Å². The van der Waals surface area contributed by atoms with Gasteiger partial charge in [-0.05, 0) is 43.7 Å². The molecule has 0 bridgehead atoms. The van der Waals surface area contributed by atoms with Crippen LogP contribution < -0.4 is 10.6 Å². The van der Waals surface area contributed by atoms with Crippen molar-refractivity contribution in [3.8, 4) is 0 Å². The van der Waals surface area contributed by atoms with E-state index in [1.807, 2.05) is 19.1 Å². The van der Waals surface area contributed by atoms with E-state index in [-0.39, 0.29) is 6.04 Å². The number of aliphatic imine (C=N–C) groups is 1. The fourth-order valence-corrected chi connectivity index (χ4v) is 2.33. The van der Waals surface area contributed by atoms with E-state index in [4.69, 9.17) is 4.42 Å². The van der Waals surface area contributed by atoms with Gasteiger partial charge >= 0.3 is 6.18 Å². The molecule has 1 unspecified atom stereocenters. The molecule has 1 aromatic heterocycles. The lowest BCUT2D eigenvalue weighted by molar-refractivity contribution is -0.137. The minimum atomic E-state index is -4.35. The lowest BCUT2D eigenvalue weighted by atomic mass is 10.1. The van der Waals surface area contributed by atoms with E-state index in [9.17, 15) is 13.2 Å². The zero-order valence-electron chi connectivity index (χ0n) is 14.2. The van der Waals surface area contributed by atoms with Crippen LogP contribution in [0.3, 0.4) is 0 Å². The van der Waals surface area contributed by atoms with Gasteiger partial charge in [-0.15, -0.1) is 0 Å². The van der Waals surface area contributed by atoms with Crippen molar-refractivity contribution in [2.45, 2.75) is 32.5 Å². The minimum Gasteiger partial charge on any atom is -0.469 e. The monoisotopic (exact) mass is 353 g/mol. The van der Waals surface area contributed by atoms with Crippen molar-refractivity contribution < 1.29 is 17.6 Å². The van der Waals surface area contributed by atoms with Gasteiger partial charge in [-0.3, -0.25) is 4.99 Å². The third kappa shape index (κ3) is 5.85. The summed E-state index contributed by atoms with van der Waals surface area (Å²) < 4.78 is 43.8. The lowest BCUT2D eigenvalue weighted by Crippen LogP contribution is -2.39. The molecule has 1 heterocycles. The van der Waals surface area contributed by atoms with Crippen LogP contribution in [-0.4, -0.2) is 19.0 Å². The van der Waals surface area contributed by atoms with Gasteiger partial charge in [0.25, 0.3) is 0 Å². The Balaban J connectivity index is 2.02. The van der Waals surface area contributed by atoms with E-state index in [0.29, 0.717) is 31.0 Å². The van der Waals surface area contributed by atoms with Crippen LogP contribution in [-0.2, 0) is 12.6 Å². The maximum absolute atomic E-state index is 12.9. The first-order valence-electron chi connectivity index (χ1n) is 8.14. The summed E-state index contributed by atoms with van der Waals surface area (Å²) in [6.45, 7) is 4.90. The predicted molar refractivity (Wildman–Crippen MR) is 91.4 cm³/mol. The molecular formula is C18H22F3N3O. The molecule has 25 heavy (non-hydrogen) atoms. The first-order valence-corrected chi connectivity index (χ1v) is 8.14. The van der Waals surface area contributed by atoms with Crippen LogP contribution in [0.4, 0.5) is 13.2 Å². The number of alkyl halides is 3. The molecule has 0 spiro atoms. The van der Waals surface area contributed by atoms with Gasteiger partial charge < -0.3 is 15.1 Å². The molecule has 0 saturated heterocycles. The Morgan fingerprint density at radius 1 is 1.24 bits per heavy atom. The number of guanidine groups is 1. The van der Waals surface area contributed by atoms with Gasteiger partial charge in [-0.2, -0.15) is 13.2 Å². The number of nitrogens with zero attached hydrogens (tertiary/aromatic N) is 1. The normalized spacial score (nSPS) is 13.6. The van der Waals surface area contributed by atoms with Gasteiger partial charge in [0.1, 0.15) is 5.76 Å². The van der Waals surface area contributed by atoms with Gasteiger partial charge in [0.05, 0.1) is 17.9 Å².